The zero-order valence-corrected chi connectivity index (χ0v) is 18.5. The second kappa shape index (κ2) is 9.74. The number of nitrogens with zero attached hydrogens (tertiary/aromatic N) is 5. The highest BCUT2D eigenvalue weighted by atomic mass is 19.3. The molecule has 4 rings (SSSR count). The SMILES string of the molecule is N#Cc1ccc(-c2ccc(Cn3cc(C(=O)NCC(=O)N4CC(F)(F)C[C@H]4C#N)cn3)cc2)cc1. The van der Waals surface area contributed by atoms with Crippen LogP contribution in [0.5, 0.6) is 0 Å². The molecule has 10 heteroatoms. The Balaban J connectivity index is 1.32. The molecule has 0 radical (unpaired) electrons. The van der Waals surface area contributed by atoms with Crippen molar-refractivity contribution in [1.29, 1.82) is 10.5 Å². The molecule has 0 aliphatic carbocycles. The van der Waals surface area contributed by atoms with E-state index in [4.69, 9.17) is 10.5 Å². The Bertz CT molecular complexity index is 1320. The summed E-state index contributed by atoms with van der Waals surface area (Å²) in [5.41, 5.74) is 3.75. The molecular formula is C25H20F2N6O2. The lowest BCUT2D eigenvalue weighted by atomic mass is 10.0. The average molecular weight is 474 g/mol. The minimum absolute atomic E-state index is 0.218. The van der Waals surface area contributed by atoms with E-state index < -0.39 is 43.3 Å². The number of carbonyl (C=O) groups excluding carboxylic acids is 2. The van der Waals surface area contributed by atoms with E-state index in [0.717, 1.165) is 21.6 Å². The molecule has 1 saturated heterocycles. The van der Waals surface area contributed by atoms with Crippen LogP contribution in [0.3, 0.4) is 0 Å². The molecule has 2 amide bonds. The molecule has 8 nitrogen and oxygen atoms in total. The fraction of sp³-hybridized carbons (Fsp3) is 0.240. The molecule has 2 heterocycles. The Morgan fingerprint density at radius 2 is 1.74 bits per heavy atom. The number of benzene rings is 2. The number of halogens is 2. The first-order valence-electron chi connectivity index (χ1n) is 10.7. The molecule has 35 heavy (non-hydrogen) atoms. The van der Waals surface area contributed by atoms with Crippen molar-refractivity contribution in [1.82, 2.24) is 20.0 Å². The third-order valence-corrected chi connectivity index (χ3v) is 5.68. The zero-order valence-electron chi connectivity index (χ0n) is 18.5. The average Bonchev–Trinajstić information content (AvgIpc) is 3.46. The van der Waals surface area contributed by atoms with Crippen LogP contribution in [0.15, 0.2) is 60.9 Å². The molecule has 1 atom stereocenters. The lowest BCUT2D eigenvalue weighted by Gasteiger charge is -2.19. The molecule has 0 spiro atoms. The number of amides is 2. The summed E-state index contributed by atoms with van der Waals surface area (Å²) in [5.74, 6) is -4.42. The number of nitrogens with one attached hydrogen (secondary N) is 1. The Morgan fingerprint density at radius 3 is 2.37 bits per heavy atom. The van der Waals surface area contributed by atoms with Crippen LogP contribution < -0.4 is 5.32 Å². The number of aromatic nitrogens is 2. The molecule has 1 N–H and O–H groups in total. The van der Waals surface area contributed by atoms with Crippen molar-refractivity contribution in [3.63, 3.8) is 0 Å². The smallest absolute Gasteiger partial charge is 0.268 e. The first-order chi connectivity index (χ1) is 16.8. The van der Waals surface area contributed by atoms with Gasteiger partial charge < -0.3 is 10.2 Å². The van der Waals surface area contributed by atoms with Crippen molar-refractivity contribution >= 4 is 11.8 Å². The summed E-state index contributed by atoms with van der Waals surface area (Å²) in [4.78, 5) is 25.4. The minimum atomic E-state index is -3.11. The largest absolute Gasteiger partial charge is 0.343 e. The van der Waals surface area contributed by atoms with Crippen LogP contribution in [0.2, 0.25) is 0 Å². The van der Waals surface area contributed by atoms with Crippen LogP contribution in [0.1, 0.15) is 27.9 Å². The molecular weight excluding hydrogens is 454 g/mol. The number of hydrogen-bond acceptors (Lipinski definition) is 5. The van der Waals surface area contributed by atoms with Crippen LogP contribution in [0.4, 0.5) is 8.78 Å². The van der Waals surface area contributed by atoms with E-state index in [1.54, 1.807) is 22.9 Å². The van der Waals surface area contributed by atoms with Crippen LogP contribution in [0.25, 0.3) is 11.1 Å². The van der Waals surface area contributed by atoms with Gasteiger partial charge in [0.25, 0.3) is 11.8 Å². The molecule has 3 aromatic rings. The van der Waals surface area contributed by atoms with Gasteiger partial charge in [0.2, 0.25) is 5.91 Å². The number of rotatable bonds is 6. The van der Waals surface area contributed by atoms with Crippen molar-refractivity contribution in [2.24, 2.45) is 0 Å². The van der Waals surface area contributed by atoms with Gasteiger partial charge in [0.05, 0.1) is 49.1 Å². The van der Waals surface area contributed by atoms with Crippen molar-refractivity contribution in [2.75, 3.05) is 13.1 Å². The van der Waals surface area contributed by atoms with E-state index in [0.29, 0.717) is 12.1 Å². The summed E-state index contributed by atoms with van der Waals surface area (Å²) in [5, 5.41) is 24.5. The summed E-state index contributed by atoms with van der Waals surface area (Å²) >= 11 is 0. The molecule has 0 bridgehead atoms. The van der Waals surface area contributed by atoms with Gasteiger partial charge in [-0.15, -0.1) is 0 Å². The highest BCUT2D eigenvalue weighted by Crippen LogP contribution is 2.31. The van der Waals surface area contributed by atoms with E-state index >= 15 is 0 Å². The maximum atomic E-state index is 13.5. The van der Waals surface area contributed by atoms with Crippen molar-refractivity contribution in [3.05, 3.63) is 77.6 Å². The number of hydrogen-bond donors (Lipinski definition) is 1. The molecule has 176 valence electrons. The van der Waals surface area contributed by atoms with Crippen molar-refractivity contribution < 1.29 is 18.4 Å². The van der Waals surface area contributed by atoms with Gasteiger partial charge in [-0.1, -0.05) is 36.4 Å². The summed E-state index contributed by atoms with van der Waals surface area (Å²) in [6.07, 6.45) is 2.17. The highest BCUT2D eigenvalue weighted by Gasteiger charge is 2.47. The molecule has 1 aliphatic rings. The van der Waals surface area contributed by atoms with Crippen LogP contribution in [-0.2, 0) is 11.3 Å². The number of alkyl halides is 2. The third-order valence-electron chi connectivity index (χ3n) is 5.68. The first-order valence-corrected chi connectivity index (χ1v) is 10.7. The summed E-state index contributed by atoms with van der Waals surface area (Å²) in [7, 11) is 0. The van der Waals surface area contributed by atoms with Gasteiger partial charge in [0, 0.05) is 12.6 Å². The van der Waals surface area contributed by atoms with Gasteiger partial charge in [-0.2, -0.15) is 15.6 Å². The number of nitriles is 2. The molecule has 1 fully saturated rings. The lowest BCUT2D eigenvalue weighted by molar-refractivity contribution is -0.131. The zero-order chi connectivity index (χ0) is 25.0. The van der Waals surface area contributed by atoms with E-state index in [-0.39, 0.29) is 5.56 Å². The van der Waals surface area contributed by atoms with Crippen LogP contribution in [-0.4, -0.2) is 51.5 Å². The summed E-state index contributed by atoms with van der Waals surface area (Å²) in [6.45, 7) is -0.913. The van der Waals surface area contributed by atoms with Gasteiger partial charge in [0.15, 0.2) is 0 Å². The molecule has 1 aliphatic heterocycles. The fourth-order valence-electron chi connectivity index (χ4n) is 3.85. The lowest BCUT2D eigenvalue weighted by Crippen LogP contribution is -2.42. The quantitative estimate of drug-likeness (QED) is 0.590. The van der Waals surface area contributed by atoms with E-state index in [9.17, 15) is 18.4 Å². The van der Waals surface area contributed by atoms with Gasteiger partial charge in [0.1, 0.15) is 6.04 Å². The maximum Gasteiger partial charge on any atom is 0.268 e. The van der Waals surface area contributed by atoms with Crippen LogP contribution >= 0.6 is 0 Å². The van der Waals surface area contributed by atoms with E-state index in [1.807, 2.05) is 36.4 Å². The van der Waals surface area contributed by atoms with Gasteiger partial charge in [-0.05, 0) is 28.8 Å². The summed E-state index contributed by atoms with van der Waals surface area (Å²) < 4.78 is 28.6. The second-order valence-electron chi connectivity index (χ2n) is 8.22. The van der Waals surface area contributed by atoms with Crippen LogP contribution in [0, 0.1) is 22.7 Å². The van der Waals surface area contributed by atoms with Gasteiger partial charge >= 0.3 is 0 Å². The Morgan fingerprint density at radius 1 is 1.09 bits per heavy atom. The number of likely N-dealkylation sites (tertiary alicyclic amines) is 1. The Labute approximate surface area is 200 Å². The predicted molar refractivity (Wildman–Crippen MR) is 121 cm³/mol. The molecule has 0 saturated carbocycles. The fourth-order valence-corrected chi connectivity index (χ4v) is 3.85. The van der Waals surface area contributed by atoms with Crippen molar-refractivity contribution in [3.8, 4) is 23.3 Å². The van der Waals surface area contributed by atoms with E-state index in [2.05, 4.69) is 16.5 Å². The predicted octanol–water partition coefficient (Wildman–Crippen LogP) is 2.96. The third kappa shape index (κ3) is 5.50. The van der Waals surface area contributed by atoms with Gasteiger partial charge in [-0.3, -0.25) is 14.3 Å². The monoisotopic (exact) mass is 474 g/mol. The maximum absolute atomic E-state index is 13.5. The highest BCUT2D eigenvalue weighted by molar-refractivity contribution is 5.96. The first kappa shape index (κ1) is 23.6. The standard InChI is InChI=1S/C25H20F2N6O2/c26-25(27)9-22(11-29)33(16-25)23(34)13-30-24(35)21-12-31-32(15-21)14-18-3-7-20(8-4-18)19-5-1-17(10-28)2-6-19/h1-8,12,15,22H,9,13-14,16H2,(H,30,35)/t22-/m0/s1. The Hall–Kier alpha value is -4.57. The van der Waals surface area contributed by atoms with Gasteiger partial charge in [-0.25, -0.2) is 8.78 Å². The topological polar surface area (TPSA) is 115 Å². The number of carbonyl (C=O) groups is 2. The van der Waals surface area contributed by atoms with Crippen molar-refractivity contribution in [2.45, 2.75) is 24.9 Å². The molecule has 2 aromatic carbocycles. The Kier molecular flexibility index (Phi) is 6.56. The second-order valence-corrected chi connectivity index (χ2v) is 8.22. The molecule has 0 unspecified atom stereocenters. The minimum Gasteiger partial charge on any atom is -0.343 e. The molecule has 1 aromatic heterocycles. The summed E-state index contributed by atoms with van der Waals surface area (Å²) in [6, 6.07) is 17.6. The normalized spacial score (nSPS) is 16.3. The van der Waals surface area contributed by atoms with E-state index in [1.165, 1.54) is 12.4 Å².